The van der Waals surface area contributed by atoms with E-state index >= 15 is 0 Å². The maximum atomic E-state index is 2.46. The summed E-state index contributed by atoms with van der Waals surface area (Å²) in [6, 6.07) is 66.2. The predicted octanol–water partition coefficient (Wildman–Crippen LogP) is 12.4. The molecule has 48 heavy (non-hydrogen) atoms. The molecule has 224 valence electrons. The Morgan fingerprint density at radius 3 is 1.48 bits per heavy atom. The number of nitrogens with zero attached hydrogens (tertiary/aromatic N) is 2. The standard InChI is InChI=1S/C46H30N2/c1-3-13-31(14-4-1)34-18-11-20-36(27-34)47-42-24-10-9-23-39(42)40-29-45-41(30-44(40)47)46-38-22-8-7-17-33(38)25-26-43(46)48(45)37-21-12-19-35(28-37)32-15-5-2-6-16-32/h1-30H. The fraction of sp³-hybridized carbons (Fsp3) is 0. The summed E-state index contributed by atoms with van der Waals surface area (Å²) < 4.78 is 4.91. The largest absolute Gasteiger partial charge is 0.309 e. The molecule has 0 aliphatic carbocycles. The highest BCUT2D eigenvalue weighted by molar-refractivity contribution is 6.25. The van der Waals surface area contributed by atoms with Crippen molar-refractivity contribution in [2.45, 2.75) is 0 Å². The van der Waals surface area contributed by atoms with Crippen LogP contribution in [0.1, 0.15) is 0 Å². The Labute approximate surface area is 278 Å². The molecule has 2 nitrogen and oxygen atoms in total. The van der Waals surface area contributed by atoms with Crippen molar-refractivity contribution in [1.29, 1.82) is 0 Å². The Morgan fingerprint density at radius 1 is 0.271 bits per heavy atom. The van der Waals surface area contributed by atoms with Crippen LogP contribution in [0.4, 0.5) is 0 Å². The lowest BCUT2D eigenvalue weighted by Gasteiger charge is -2.11. The first-order chi connectivity index (χ1) is 23.8. The van der Waals surface area contributed by atoms with Gasteiger partial charge in [0.05, 0.1) is 22.1 Å². The number of benzene rings is 8. The molecule has 0 atom stereocenters. The molecule has 10 aromatic rings. The second-order valence-electron chi connectivity index (χ2n) is 12.6. The van der Waals surface area contributed by atoms with Gasteiger partial charge in [-0.1, -0.05) is 133 Å². The normalized spacial score (nSPS) is 11.8. The molecule has 2 heteroatoms. The van der Waals surface area contributed by atoms with E-state index in [2.05, 4.69) is 191 Å². The van der Waals surface area contributed by atoms with Crippen LogP contribution in [0.5, 0.6) is 0 Å². The van der Waals surface area contributed by atoms with Gasteiger partial charge in [-0.2, -0.15) is 0 Å². The summed E-state index contributed by atoms with van der Waals surface area (Å²) in [6.45, 7) is 0. The molecule has 0 bridgehead atoms. The first-order valence-corrected chi connectivity index (χ1v) is 16.5. The van der Waals surface area contributed by atoms with Crippen molar-refractivity contribution in [2.75, 3.05) is 0 Å². The lowest BCUT2D eigenvalue weighted by molar-refractivity contribution is 1.18. The highest BCUT2D eigenvalue weighted by Gasteiger charge is 2.20. The van der Waals surface area contributed by atoms with E-state index in [-0.39, 0.29) is 0 Å². The highest BCUT2D eigenvalue weighted by Crippen LogP contribution is 2.42. The van der Waals surface area contributed by atoms with Gasteiger partial charge in [0.1, 0.15) is 0 Å². The molecule has 0 radical (unpaired) electrons. The number of fused-ring (bicyclic) bond motifs is 8. The maximum Gasteiger partial charge on any atom is 0.0549 e. The summed E-state index contributed by atoms with van der Waals surface area (Å²) >= 11 is 0. The van der Waals surface area contributed by atoms with Crippen molar-refractivity contribution < 1.29 is 0 Å². The number of para-hydroxylation sites is 1. The van der Waals surface area contributed by atoms with E-state index in [0.29, 0.717) is 0 Å². The third kappa shape index (κ3) is 4.06. The molecular formula is C46H30N2. The monoisotopic (exact) mass is 610 g/mol. The molecule has 0 saturated heterocycles. The summed E-state index contributed by atoms with van der Waals surface area (Å²) in [4.78, 5) is 0. The van der Waals surface area contributed by atoms with Gasteiger partial charge in [-0.15, -0.1) is 0 Å². The SMILES string of the molecule is c1ccc(-c2cccc(-n3c4ccccc4c4cc5c(cc43)c3c4ccccc4ccc3n5-c3cccc(-c4ccccc4)c3)c2)cc1. The van der Waals surface area contributed by atoms with Crippen LogP contribution >= 0.6 is 0 Å². The fourth-order valence-electron chi connectivity index (χ4n) is 7.71. The minimum atomic E-state index is 1.16. The van der Waals surface area contributed by atoms with Crippen molar-refractivity contribution in [2.24, 2.45) is 0 Å². The molecule has 0 unspecified atom stereocenters. The first-order valence-electron chi connectivity index (χ1n) is 16.5. The third-order valence-corrected chi connectivity index (χ3v) is 9.87. The van der Waals surface area contributed by atoms with E-state index in [1.807, 2.05) is 0 Å². The summed E-state index contributed by atoms with van der Waals surface area (Å²) in [6.07, 6.45) is 0. The van der Waals surface area contributed by atoms with E-state index in [4.69, 9.17) is 0 Å². The molecular weight excluding hydrogens is 581 g/mol. The topological polar surface area (TPSA) is 9.86 Å². The zero-order valence-electron chi connectivity index (χ0n) is 26.2. The number of rotatable bonds is 4. The molecule has 2 aromatic heterocycles. The van der Waals surface area contributed by atoms with Crippen molar-refractivity contribution in [3.05, 3.63) is 182 Å². The Kier molecular flexibility index (Phi) is 5.91. The van der Waals surface area contributed by atoms with Crippen molar-refractivity contribution in [3.8, 4) is 33.6 Å². The van der Waals surface area contributed by atoms with Crippen LogP contribution in [0.2, 0.25) is 0 Å². The van der Waals surface area contributed by atoms with Crippen molar-refractivity contribution in [3.63, 3.8) is 0 Å². The fourth-order valence-corrected chi connectivity index (χ4v) is 7.71. The average molecular weight is 611 g/mol. The smallest absolute Gasteiger partial charge is 0.0549 e. The number of hydrogen-bond donors (Lipinski definition) is 0. The molecule has 0 aliphatic rings. The van der Waals surface area contributed by atoms with Crippen LogP contribution in [0.15, 0.2) is 182 Å². The zero-order chi connectivity index (χ0) is 31.6. The first kappa shape index (κ1) is 26.8. The molecule has 8 aromatic carbocycles. The van der Waals surface area contributed by atoms with E-state index in [1.165, 1.54) is 76.6 Å². The summed E-state index contributed by atoms with van der Waals surface area (Å²) in [5, 5.41) is 7.55. The summed E-state index contributed by atoms with van der Waals surface area (Å²) in [5.41, 5.74) is 12.0. The van der Waals surface area contributed by atoms with Crippen LogP contribution in [0.25, 0.3) is 88.0 Å². The van der Waals surface area contributed by atoms with Gasteiger partial charge in [-0.3, -0.25) is 0 Å². The van der Waals surface area contributed by atoms with Gasteiger partial charge in [0.15, 0.2) is 0 Å². The molecule has 10 rings (SSSR count). The second kappa shape index (κ2) is 10.6. The zero-order valence-corrected chi connectivity index (χ0v) is 26.2. The number of aromatic nitrogens is 2. The summed E-state index contributed by atoms with van der Waals surface area (Å²) in [5.74, 6) is 0. The van der Waals surface area contributed by atoms with Crippen LogP contribution in [0, 0.1) is 0 Å². The quantitative estimate of drug-likeness (QED) is 0.188. The van der Waals surface area contributed by atoms with Crippen LogP contribution in [-0.4, -0.2) is 9.13 Å². The van der Waals surface area contributed by atoms with Gasteiger partial charge in [-0.25, -0.2) is 0 Å². The van der Waals surface area contributed by atoms with E-state index in [1.54, 1.807) is 0 Å². The van der Waals surface area contributed by atoms with Gasteiger partial charge in [0.25, 0.3) is 0 Å². The van der Waals surface area contributed by atoms with E-state index in [0.717, 1.165) is 11.4 Å². The van der Waals surface area contributed by atoms with Gasteiger partial charge in [-0.05, 0) is 81.6 Å². The van der Waals surface area contributed by atoms with Gasteiger partial charge >= 0.3 is 0 Å². The molecule has 0 amide bonds. The molecule has 2 heterocycles. The molecule has 0 aliphatic heterocycles. The van der Waals surface area contributed by atoms with Crippen molar-refractivity contribution in [1.82, 2.24) is 9.13 Å². The van der Waals surface area contributed by atoms with Crippen molar-refractivity contribution >= 4 is 54.4 Å². The number of hydrogen-bond acceptors (Lipinski definition) is 0. The highest BCUT2D eigenvalue weighted by atomic mass is 15.0. The minimum Gasteiger partial charge on any atom is -0.309 e. The molecule has 0 N–H and O–H groups in total. The van der Waals surface area contributed by atoms with Crippen LogP contribution in [-0.2, 0) is 0 Å². The summed E-state index contributed by atoms with van der Waals surface area (Å²) in [7, 11) is 0. The van der Waals surface area contributed by atoms with Gasteiger partial charge in [0, 0.05) is 32.9 Å². The van der Waals surface area contributed by atoms with Crippen LogP contribution < -0.4 is 0 Å². The lowest BCUT2D eigenvalue weighted by Crippen LogP contribution is -1.95. The lowest BCUT2D eigenvalue weighted by atomic mass is 10.0. The van der Waals surface area contributed by atoms with E-state index in [9.17, 15) is 0 Å². The Morgan fingerprint density at radius 2 is 0.792 bits per heavy atom. The Balaban J connectivity index is 1.32. The van der Waals surface area contributed by atoms with E-state index < -0.39 is 0 Å². The molecule has 0 saturated carbocycles. The minimum absolute atomic E-state index is 1.16. The maximum absolute atomic E-state index is 2.46. The molecule has 0 fully saturated rings. The van der Waals surface area contributed by atoms with Gasteiger partial charge < -0.3 is 9.13 Å². The third-order valence-electron chi connectivity index (χ3n) is 9.87. The molecule has 0 spiro atoms. The average Bonchev–Trinajstić information content (AvgIpc) is 3.67. The Hall–Kier alpha value is -6.38. The second-order valence-corrected chi connectivity index (χ2v) is 12.6. The Bertz CT molecular complexity index is 2820. The predicted molar refractivity (Wildman–Crippen MR) is 203 cm³/mol. The van der Waals surface area contributed by atoms with Crippen LogP contribution in [0.3, 0.4) is 0 Å². The van der Waals surface area contributed by atoms with Gasteiger partial charge in [0.2, 0.25) is 0 Å².